The van der Waals surface area contributed by atoms with Crippen molar-refractivity contribution in [1.29, 1.82) is 0 Å². The molecule has 4 N–H and O–H groups in total. The minimum absolute atomic E-state index is 0.0555. The maximum atomic E-state index is 11.8. The van der Waals surface area contributed by atoms with E-state index < -0.39 is 5.41 Å². The van der Waals surface area contributed by atoms with Crippen LogP contribution in [0.15, 0.2) is 72.8 Å². The van der Waals surface area contributed by atoms with Gasteiger partial charge in [0, 0.05) is 0 Å². The van der Waals surface area contributed by atoms with Crippen molar-refractivity contribution in [2.75, 3.05) is 0 Å². The molecule has 4 aromatic carbocycles. The van der Waals surface area contributed by atoms with Crippen LogP contribution in [0.5, 0.6) is 23.0 Å². The lowest BCUT2D eigenvalue weighted by Crippen LogP contribution is -2.31. The number of aldehydes is 4. The van der Waals surface area contributed by atoms with Crippen molar-refractivity contribution in [1.82, 2.24) is 0 Å². The molecular weight excluding hydrogens is 476 g/mol. The van der Waals surface area contributed by atoms with Crippen molar-refractivity contribution in [2.24, 2.45) is 0 Å². The van der Waals surface area contributed by atoms with Crippen molar-refractivity contribution < 1.29 is 39.6 Å². The number of carbonyl (C=O) groups is 4. The lowest BCUT2D eigenvalue weighted by Gasteiger charge is -2.37. The van der Waals surface area contributed by atoms with Gasteiger partial charge in [0.25, 0.3) is 0 Å². The third-order valence-corrected chi connectivity index (χ3v) is 6.35. The first-order valence-electron chi connectivity index (χ1n) is 10.9. The molecule has 4 aromatic rings. The van der Waals surface area contributed by atoms with Gasteiger partial charge in [0.05, 0.1) is 27.7 Å². The molecule has 0 unspecified atom stereocenters. The highest BCUT2D eigenvalue weighted by Gasteiger charge is 2.40. The second kappa shape index (κ2) is 9.79. The Kier molecular flexibility index (Phi) is 6.58. The molecule has 8 heteroatoms. The number of aromatic hydroxyl groups is 4. The minimum Gasteiger partial charge on any atom is -0.507 e. The van der Waals surface area contributed by atoms with Gasteiger partial charge in [0.15, 0.2) is 25.1 Å². The van der Waals surface area contributed by atoms with Gasteiger partial charge >= 0.3 is 0 Å². The predicted octanol–water partition coefficient (Wildman–Crippen LogP) is 4.14. The molecule has 0 radical (unpaired) electrons. The molecule has 0 spiro atoms. The second-order valence-electron chi connectivity index (χ2n) is 8.32. The third kappa shape index (κ3) is 4.10. The summed E-state index contributed by atoms with van der Waals surface area (Å²) in [6.45, 7) is 0. The Morgan fingerprint density at radius 2 is 0.622 bits per heavy atom. The van der Waals surface area contributed by atoms with Gasteiger partial charge in [-0.25, -0.2) is 0 Å². The SMILES string of the molecule is O=Cc1cc(C(c2ccc(O)c(C=O)c2)(c2ccc(O)c(C=O)c2)c2ccc(O)c(C=O)c2)ccc1O. The third-order valence-electron chi connectivity index (χ3n) is 6.35. The van der Waals surface area contributed by atoms with Gasteiger partial charge in [0.2, 0.25) is 0 Å². The fraction of sp³-hybridized carbons (Fsp3) is 0.0345. The van der Waals surface area contributed by atoms with E-state index in [-0.39, 0.29) is 45.3 Å². The van der Waals surface area contributed by atoms with E-state index >= 15 is 0 Å². The van der Waals surface area contributed by atoms with Crippen LogP contribution in [0.3, 0.4) is 0 Å². The molecule has 0 aliphatic heterocycles. The van der Waals surface area contributed by atoms with E-state index in [2.05, 4.69) is 0 Å². The molecule has 0 amide bonds. The van der Waals surface area contributed by atoms with E-state index in [1.807, 2.05) is 0 Å². The average Bonchev–Trinajstić information content (AvgIpc) is 2.92. The quantitative estimate of drug-likeness (QED) is 0.210. The zero-order valence-corrected chi connectivity index (χ0v) is 19.2. The van der Waals surface area contributed by atoms with E-state index in [9.17, 15) is 39.6 Å². The van der Waals surface area contributed by atoms with Crippen LogP contribution in [0.1, 0.15) is 63.7 Å². The lowest BCUT2D eigenvalue weighted by molar-refractivity contribution is 0.111. The number of hydrogen-bond donors (Lipinski definition) is 4. The molecule has 0 aromatic heterocycles. The minimum atomic E-state index is -1.48. The smallest absolute Gasteiger partial charge is 0.153 e. The summed E-state index contributed by atoms with van der Waals surface area (Å²) in [5.41, 5.74) is -0.200. The number of rotatable bonds is 8. The molecule has 0 fully saturated rings. The first-order chi connectivity index (χ1) is 17.8. The number of carbonyl (C=O) groups excluding carboxylic acids is 4. The molecule has 0 aliphatic rings. The van der Waals surface area contributed by atoms with Crippen LogP contribution in [0.25, 0.3) is 0 Å². The Hall–Kier alpha value is -5.24. The highest BCUT2D eigenvalue weighted by atomic mass is 16.3. The fourth-order valence-corrected chi connectivity index (χ4v) is 4.53. The zero-order valence-electron chi connectivity index (χ0n) is 19.2. The fourth-order valence-electron chi connectivity index (χ4n) is 4.53. The van der Waals surface area contributed by atoms with Gasteiger partial charge in [-0.15, -0.1) is 0 Å². The Labute approximate surface area is 210 Å². The molecule has 0 atom stereocenters. The topological polar surface area (TPSA) is 149 Å². The molecule has 0 saturated carbocycles. The van der Waals surface area contributed by atoms with Crippen LogP contribution < -0.4 is 0 Å². The first kappa shape index (κ1) is 24.9. The summed E-state index contributed by atoms with van der Waals surface area (Å²) < 4.78 is 0. The van der Waals surface area contributed by atoms with E-state index in [0.717, 1.165) is 0 Å². The maximum Gasteiger partial charge on any atom is 0.153 e. The molecule has 0 saturated heterocycles. The van der Waals surface area contributed by atoms with E-state index in [1.165, 1.54) is 72.8 Å². The molecule has 0 bridgehead atoms. The largest absolute Gasteiger partial charge is 0.507 e. The predicted molar refractivity (Wildman–Crippen MR) is 133 cm³/mol. The standard InChI is InChI=1S/C29H20O8/c30-13-17-9-21(1-5-25(17)34)29(22-2-6-26(35)18(10-22)14-31,23-3-7-27(36)19(11-23)15-32)24-4-8-28(37)20(12-24)16-33/h1-16,34-37H. The number of phenols is 4. The molecule has 4 rings (SSSR count). The molecule has 37 heavy (non-hydrogen) atoms. The van der Waals surface area contributed by atoms with Crippen LogP contribution in [0, 0.1) is 0 Å². The monoisotopic (exact) mass is 496 g/mol. The van der Waals surface area contributed by atoms with Crippen molar-refractivity contribution >= 4 is 25.1 Å². The van der Waals surface area contributed by atoms with Crippen molar-refractivity contribution in [3.63, 3.8) is 0 Å². The van der Waals surface area contributed by atoms with Gasteiger partial charge in [-0.3, -0.25) is 19.2 Å². The summed E-state index contributed by atoms with van der Waals surface area (Å²) in [6.07, 6.45) is 1.83. The lowest BCUT2D eigenvalue weighted by atomic mass is 9.64. The van der Waals surface area contributed by atoms with Crippen LogP contribution >= 0.6 is 0 Å². The summed E-state index contributed by atoms with van der Waals surface area (Å²) in [4.78, 5) is 47.0. The zero-order chi connectivity index (χ0) is 26.7. The molecule has 184 valence electrons. The Balaban J connectivity index is 2.27. The van der Waals surface area contributed by atoms with E-state index in [1.54, 1.807) is 0 Å². The van der Waals surface area contributed by atoms with Crippen molar-refractivity contribution in [2.45, 2.75) is 5.41 Å². The summed E-state index contributed by atoms with van der Waals surface area (Å²) >= 11 is 0. The van der Waals surface area contributed by atoms with E-state index in [4.69, 9.17) is 0 Å². The van der Waals surface area contributed by atoms with Gasteiger partial charge in [-0.05, 0) is 70.8 Å². The molecule has 0 heterocycles. The normalized spacial score (nSPS) is 11.0. The Morgan fingerprint density at radius 1 is 0.405 bits per heavy atom. The highest BCUT2D eigenvalue weighted by molar-refractivity contribution is 5.84. The average molecular weight is 496 g/mol. The van der Waals surface area contributed by atoms with Gasteiger partial charge in [-0.2, -0.15) is 0 Å². The summed E-state index contributed by atoms with van der Waals surface area (Å²) in [5, 5.41) is 40.8. The highest BCUT2D eigenvalue weighted by Crippen LogP contribution is 2.48. The molecular formula is C29H20O8. The van der Waals surface area contributed by atoms with Crippen LogP contribution in [0.2, 0.25) is 0 Å². The van der Waals surface area contributed by atoms with Crippen molar-refractivity contribution in [3.8, 4) is 23.0 Å². The second-order valence-corrected chi connectivity index (χ2v) is 8.32. The number of hydrogen-bond acceptors (Lipinski definition) is 8. The van der Waals surface area contributed by atoms with Crippen LogP contribution in [-0.2, 0) is 5.41 Å². The van der Waals surface area contributed by atoms with Crippen LogP contribution in [-0.4, -0.2) is 45.6 Å². The van der Waals surface area contributed by atoms with Gasteiger partial charge in [0.1, 0.15) is 23.0 Å². The van der Waals surface area contributed by atoms with Gasteiger partial charge < -0.3 is 20.4 Å². The maximum absolute atomic E-state index is 11.8. The number of benzene rings is 4. The van der Waals surface area contributed by atoms with Crippen LogP contribution in [0.4, 0.5) is 0 Å². The van der Waals surface area contributed by atoms with Gasteiger partial charge in [-0.1, -0.05) is 24.3 Å². The summed E-state index contributed by atoms with van der Waals surface area (Å²) in [6, 6.07) is 17.0. The van der Waals surface area contributed by atoms with Crippen molar-refractivity contribution in [3.05, 3.63) is 117 Å². The molecule has 0 aliphatic carbocycles. The Morgan fingerprint density at radius 3 is 0.811 bits per heavy atom. The first-order valence-corrected chi connectivity index (χ1v) is 10.9. The summed E-state index contributed by atoms with van der Waals surface area (Å²) in [5.74, 6) is -1.15. The van der Waals surface area contributed by atoms with E-state index in [0.29, 0.717) is 47.4 Å². The number of phenolic OH excluding ortho intramolecular Hbond substituents is 4. The molecule has 8 nitrogen and oxygen atoms in total. The summed E-state index contributed by atoms with van der Waals surface area (Å²) in [7, 11) is 0. The Bertz CT molecular complexity index is 1320.